The van der Waals surface area contributed by atoms with Crippen LogP contribution in [0.4, 0.5) is 10.2 Å². The normalized spacial score (nSPS) is 20.5. The highest BCUT2D eigenvalue weighted by atomic mass is 35.5. The summed E-state index contributed by atoms with van der Waals surface area (Å²) < 4.78 is 19.6. The first kappa shape index (κ1) is 19.1. The van der Waals surface area contributed by atoms with E-state index in [-0.39, 0.29) is 41.7 Å². The molecule has 0 aliphatic carbocycles. The Balaban J connectivity index is 1.65. The van der Waals surface area contributed by atoms with Crippen molar-refractivity contribution in [1.82, 2.24) is 9.88 Å². The van der Waals surface area contributed by atoms with Crippen LogP contribution in [0.25, 0.3) is 0 Å². The van der Waals surface area contributed by atoms with E-state index in [0.717, 1.165) is 16.5 Å². The van der Waals surface area contributed by atoms with E-state index in [1.807, 2.05) is 0 Å². The van der Waals surface area contributed by atoms with Gasteiger partial charge in [-0.2, -0.15) is 0 Å². The van der Waals surface area contributed by atoms with Crippen molar-refractivity contribution < 1.29 is 18.7 Å². The molecule has 2 amide bonds. The molecule has 0 N–H and O–H groups in total. The van der Waals surface area contributed by atoms with Crippen molar-refractivity contribution in [2.45, 2.75) is 12.6 Å². The number of hydrogen-bond acceptors (Lipinski definition) is 4. The van der Waals surface area contributed by atoms with Gasteiger partial charge in [0.2, 0.25) is 5.91 Å². The molecule has 2 aliphatic rings. The molecule has 2 aromatic rings. The Morgan fingerprint density at radius 3 is 2.46 bits per heavy atom. The summed E-state index contributed by atoms with van der Waals surface area (Å²) >= 11 is 11.7. The number of piperazine rings is 1. The third-order valence-electron chi connectivity index (χ3n) is 4.89. The van der Waals surface area contributed by atoms with Gasteiger partial charge >= 0.3 is 0 Å². The number of aromatic nitrogens is 1. The van der Waals surface area contributed by atoms with Gasteiger partial charge in [0.1, 0.15) is 12.6 Å². The molecule has 4 rings (SSSR count). The molecule has 28 heavy (non-hydrogen) atoms. The van der Waals surface area contributed by atoms with Gasteiger partial charge in [-0.1, -0.05) is 35.3 Å². The number of carbonyl (C=O) groups is 2. The summed E-state index contributed by atoms with van der Waals surface area (Å²) in [6.07, 6.45) is 1.25. The van der Waals surface area contributed by atoms with Gasteiger partial charge in [-0.05, 0) is 23.8 Å². The largest absolute Gasteiger partial charge is 0.380 e. The van der Waals surface area contributed by atoms with Crippen LogP contribution in [-0.4, -0.2) is 47.5 Å². The van der Waals surface area contributed by atoms with E-state index < -0.39 is 11.9 Å². The summed E-state index contributed by atoms with van der Waals surface area (Å²) in [5, 5.41) is 0.703. The molecule has 2 fully saturated rings. The minimum Gasteiger partial charge on any atom is -0.380 e. The Hall–Kier alpha value is -2.22. The fraction of sp³-hybridized carbons (Fsp3) is 0.316. The molecule has 2 saturated heterocycles. The van der Waals surface area contributed by atoms with Crippen molar-refractivity contribution in [2.75, 3.05) is 24.7 Å². The van der Waals surface area contributed by atoms with Crippen LogP contribution in [0.3, 0.4) is 0 Å². The highest BCUT2D eigenvalue weighted by Crippen LogP contribution is 2.30. The van der Waals surface area contributed by atoms with Crippen LogP contribution in [0.5, 0.6) is 0 Å². The number of nitrogens with zero attached hydrogens (tertiary/aromatic N) is 3. The van der Waals surface area contributed by atoms with E-state index >= 15 is 0 Å². The monoisotopic (exact) mass is 423 g/mol. The van der Waals surface area contributed by atoms with E-state index in [1.165, 1.54) is 11.1 Å². The Morgan fingerprint density at radius 1 is 1.14 bits per heavy atom. The molecule has 1 aromatic heterocycles. The minimum atomic E-state index is -0.748. The second-order valence-electron chi connectivity index (χ2n) is 6.77. The van der Waals surface area contributed by atoms with E-state index in [4.69, 9.17) is 27.9 Å². The molecule has 146 valence electrons. The topological polar surface area (TPSA) is 62.7 Å². The molecule has 1 aromatic carbocycles. The quantitative estimate of drug-likeness (QED) is 0.758. The predicted molar refractivity (Wildman–Crippen MR) is 102 cm³/mol. The third kappa shape index (κ3) is 3.57. The van der Waals surface area contributed by atoms with Gasteiger partial charge in [0, 0.05) is 23.7 Å². The molecule has 0 spiro atoms. The van der Waals surface area contributed by atoms with Crippen molar-refractivity contribution in [3.05, 3.63) is 58.0 Å². The molecule has 9 heteroatoms. The summed E-state index contributed by atoms with van der Waals surface area (Å²) in [5.74, 6) is -1.76. The van der Waals surface area contributed by atoms with E-state index in [0.29, 0.717) is 18.2 Å². The van der Waals surface area contributed by atoms with Gasteiger partial charge in [0.15, 0.2) is 11.6 Å². The van der Waals surface area contributed by atoms with Crippen molar-refractivity contribution in [3.63, 3.8) is 0 Å². The van der Waals surface area contributed by atoms with Crippen LogP contribution < -0.4 is 4.90 Å². The molecule has 3 heterocycles. The molecule has 2 aliphatic heterocycles. The smallest absolute Gasteiger partial charge is 0.251 e. The number of amides is 2. The van der Waals surface area contributed by atoms with Crippen LogP contribution in [0, 0.1) is 11.7 Å². The van der Waals surface area contributed by atoms with E-state index in [1.54, 1.807) is 24.3 Å². The highest BCUT2D eigenvalue weighted by Gasteiger charge is 2.47. The maximum absolute atomic E-state index is 14.3. The molecule has 0 unspecified atom stereocenters. The molecular weight excluding hydrogens is 408 g/mol. The Kier molecular flexibility index (Phi) is 5.23. The zero-order valence-electron chi connectivity index (χ0n) is 14.6. The number of ether oxygens (including phenoxy) is 1. The standard InChI is InChI=1S/C19H16Cl2FN3O3/c20-13-3-1-11(2-4-13)7-24-16(26)8-25(18-15(22)5-14(21)6-23-18)19(27)17(24)12-9-28-10-12/h1-6,12,17H,7-10H2/t17-/m0/s1. The van der Waals surface area contributed by atoms with Gasteiger partial charge in [-0.3, -0.25) is 14.5 Å². The molecule has 0 radical (unpaired) electrons. The number of benzene rings is 1. The average molecular weight is 424 g/mol. The summed E-state index contributed by atoms with van der Waals surface area (Å²) in [6, 6.07) is 7.40. The van der Waals surface area contributed by atoms with Gasteiger partial charge < -0.3 is 9.64 Å². The van der Waals surface area contributed by atoms with Gasteiger partial charge in [-0.25, -0.2) is 9.37 Å². The molecule has 1 atom stereocenters. The number of hydrogen-bond donors (Lipinski definition) is 0. The predicted octanol–water partition coefficient (Wildman–Crippen LogP) is 2.92. The first-order chi connectivity index (χ1) is 13.4. The van der Waals surface area contributed by atoms with Crippen molar-refractivity contribution in [3.8, 4) is 0 Å². The van der Waals surface area contributed by atoms with Crippen molar-refractivity contribution >= 4 is 40.8 Å². The first-order valence-corrected chi connectivity index (χ1v) is 9.43. The second kappa shape index (κ2) is 7.66. The SMILES string of the molecule is O=C1[C@H](C2COC2)N(Cc2ccc(Cl)cc2)C(=O)CN1c1ncc(Cl)cc1F. The third-order valence-corrected chi connectivity index (χ3v) is 5.35. The van der Waals surface area contributed by atoms with Gasteiger partial charge in [-0.15, -0.1) is 0 Å². The second-order valence-corrected chi connectivity index (χ2v) is 7.65. The van der Waals surface area contributed by atoms with E-state index in [2.05, 4.69) is 4.98 Å². The highest BCUT2D eigenvalue weighted by molar-refractivity contribution is 6.30. The fourth-order valence-electron chi connectivity index (χ4n) is 3.40. The minimum absolute atomic E-state index is 0.116. The van der Waals surface area contributed by atoms with Crippen LogP contribution in [0.15, 0.2) is 36.5 Å². The zero-order chi connectivity index (χ0) is 19.8. The van der Waals surface area contributed by atoms with Crippen LogP contribution in [-0.2, 0) is 20.9 Å². The van der Waals surface area contributed by atoms with Gasteiger partial charge in [0.25, 0.3) is 5.91 Å². The first-order valence-electron chi connectivity index (χ1n) is 8.68. The molecule has 0 bridgehead atoms. The lowest BCUT2D eigenvalue weighted by molar-refractivity contribution is -0.155. The number of pyridine rings is 1. The molecular formula is C19H16Cl2FN3O3. The lowest BCUT2D eigenvalue weighted by Crippen LogP contribution is -2.65. The fourth-order valence-corrected chi connectivity index (χ4v) is 3.67. The zero-order valence-corrected chi connectivity index (χ0v) is 16.2. The molecule has 6 nitrogen and oxygen atoms in total. The average Bonchev–Trinajstić information content (AvgIpc) is 2.61. The summed E-state index contributed by atoms with van der Waals surface area (Å²) in [6.45, 7) is 0.700. The Morgan fingerprint density at radius 2 is 1.86 bits per heavy atom. The number of halogens is 3. The van der Waals surface area contributed by atoms with Crippen molar-refractivity contribution in [2.24, 2.45) is 5.92 Å². The van der Waals surface area contributed by atoms with Gasteiger partial charge in [0.05, 0.1) is 18.2 Å². The van der Waals surface area contributed by atoms with Crippen LogP contribution >= 0.6 is 23.2 Å². The number of anilines is 1. The molecule has 0 saturated carbocycles. The maximum Gasteiger partial charge on any atom is 0.251 e. The summed E-state index contributed by atoms with van der Waals surface area (Å²) in [5.41, 5.74) is 0.847. The Labute approximate surface area is 170 Å². The number of rotatable bonds is 4. The lowest BCUT2D eigenvalue weighted by atomic mass is 9.92. The lowest BCUT2D eigenvalue weighted by Gasteiger charge is -2.45. The van der Waals surface area contributed by atoms with E-state index in [9.17, 15) is 14.0 Å². The van der Waals surface area contributed by atoms with Crippen LogP contribution in [0.1, 0.15) is 5.56 Å². The van der Waals surface area contributed by atoms with Crippen LogP contribution in [0.2, 0.25) is 10.0 Å². The Bertz CT molecular complexity index is 921. The summed E-state index contributed by atoms with van der Waals surface area (Å²) in [7, 11) is 0. The van der Waals surface area contributed by atoms with Crippen molar-refractivity contribution in [1.29, 1.82) is 0 Å². The maximum atomic E-state index is 14.3. The summed E-state index contributed by atoms with van der Waals surface area (Å²) in [4.78, 5) is 32.7. The number of carbonyl (C=O) groups excluding carboxylic acids is 2.